The highest BCUT2D eigenvalue weighted by atomic mass is 16.5. The van der Waals surface area contributed by atoms with E-state index in [-0.39, 0.29) is 0 Å². The molecule has 0 aromatic carbocycles. The Morgan fingerprint density at radius 3 is 2.95 bits per heavy atom. The zero-order valence-corrected chi connectivity index (χ0v) is 12.6. The molecule has 0 unspecified atom stereocenters. The molecule has 114 valence electrons. The number of anilines is 1. The molecule has 4 heteroatoms. The third kappa shape index (κ3) is 2.79. The standard InChI is InChI=1S/C17H25N3O/c1-2-6-14(5-1)20-10-15-13(12-21-16(15)11-20)9-19-17-7-3-4-8-18-17/h3-4,7-8,13-16H,1-2,5-6,9-12H2,(H,18,19)/t13-,15+,16+/m1/s1. The molecule has 3 aliphatic rings. The van der Waals surface area contributed by atoms with Gasteiger partial charge in [0.2, 0.25) is 0 Å². The summed E-state index contributed by atoms with van der Waals surface area (Å²) in [6.07, 6.45) is 7.95. The summed E-state index contributed by atoms with van der Waals surface area (Å²) < 4.78 is 6.07. The van der Waals surface area contributed by atoms with E-state index in [1.54, 1.807) is 0 Å². The number of ether oxygens (including phenoxy) is 1. The minimum absolute atomic E-state index is 0.473. The summed E-state index contributed by atoms with van der Waals surface area (Å²) in [5.74, 6) is 2.32. The predicted molar refractivity (Wildman–Crippen MR) is 83.3 cm³/mol. The summed E-state index contributed by atoms with van der Waals surface area (Å²) in [6, 6.07) is 6.85. The second kappa shape index (κ2) is 5.93. The lowest BCUT2D eigenvalue weighted by Crippen LogP contribution is -2.34. The SMILES string of the molecule is c1ccc(NC[C@@H]2CO[C@H]3CN(C4CCCC4)C[C@@H]23)nc1. The first-order valence-corrected chi connectivity index (χ1v) is 8.41. The fraction of sp³-hybridized carbons (Fsp3) is 0.706. The van der Waals surface area contributed by atoms with Gasteiger partial charge in [-0.05, 0) is 25.0 Å². The number of likely N-dealkylation sites (tertiary alicyclic amines) is 1. The molecule has 2 saturated heterocycles. The number of nitrogens with zero attached hydrogens (tertiary/aromatic N) is 2. The molecule has 4 rings (SSSR count). The second-order valence-corrected chi connectivity index (χ2v) is 6.78. The van der Waals surface area contributed by atoms with Crippen LogP contribution in [0.25, 0.3) is 0 Å². The molecule has 1 aliphatic carbocycles. The molecule has 1 saturated carbocycles. The third-order valence-corrected chi connectivity index (χ3v) is 5.52. The summed E-state index contributed by atoms with van der Waals surface area (Å²) >= 11 is 0. The van der Waals surface area contributed by atoms with Gasteiger partial charge in [0.15, 0.2) is 0 Å². The highest BCUT2D eigenvalue weighted by Crippen LogP contribution is 2.37. The van der Waals surface area contributed by atoms with Gasteiger partial charge in [0.1, 0.15) is 5.82 Å². The van der Waals surface area contributed by atoms with Crippen LogP contribution in [-0.4, -0.2) is 48.3 Å². The molecule has 1 aromatic rings. The maximum Gasteiger partial charge on any atom is 0.125 e. The maximum absolute atomic E-state index is 6.07. The molecule has 0 amide bonds. The number of nitrogens with one attached hydrogen (secondary N) is 1. The largest absolute Gasteiger partial charge is 0.376 e. The van der Waals surface area contributed by atoms with Crippen LogP contribution in [0.4, 0.5) is 5.82 Å². The maximum atomic E-state index is 6.07. The van der Waals surface area contributed by atoms with Gasteiger partial charge in [-0.25, -0.2) is 4.98 Å². The molecule has 1 aromatic heterocycles. The highest BCUT2D eigenvalue weighted by Gasteiger charge is 2.45. The average Bonchev–Trinajstić information content (AvgIpc) is 3.23. The van der Waals surface area contributed by atoms with Gasteiger partial charge in [-0.15, -0.1) is 0 Å². The van der Waals surface area contributed by atoms with E-state index in [1.165, 1.54) is 32.2 Å². The zero-order valence-electron chi connectivity index (χ0n) is 12.6. The predicted octanol–water partition coefficient (Wildman–Crippen LogP) is 2.38. The van der Waals surface area contributed by atoms with E-state index in [2.05, 4.69) is 15.2 Å². The number of hydrogen-bond donors (Lipinski definition) is 1. The number of fused-ring (bicyclic) bond motifs is 1. The van der Waals surface area contributed by atoms with Gasteiger partial charge >= 0.3 is 0 Å². The molecule has 0 spiro atoms. The van der Waals surface area contributed by atoms with E-state index < -0.39 is 0 Å². The summed E-state index contributed by atoms with van der Waals surface area (Å²) in [4.78, 5) is 7.04. The molecule has 3 heterocycles. The lowest BCUT2D eigenvalue weighted by Gasteiger charge is -2.25. The molecule has 0 radical (unpaired) electrons. The number of hydrogen-bond acceptors (Lipinski definition) is 4. The van der Waals surface area contributed by atoms with Crippen LogP contribution in [0.1, 0.15) is 25.7 Å². The second-order valence-electron chi connectivity index (χ2n) is 6.78. The summed E-state index contributed by atoms with van der Waals surface area (Å²) in [5, 5.41) is 3.47. The minimum Gasteiger partial charge on any atom is -0.376 e. The Morgan fingerprint density at radius 2 is 2.14 bits per heavy atom. The first-order valence-electron chi connectivity index (χ1n) is 8.41. The molecule has 21 heavy (non-hydrogen) atoms. The van der Waals surface area contributed by atoms with E-state index >= 15 is 0 Å². The molecule has 0 bridgehead atoms. The Morgan fingerprint density at radius 1 is 1.24 bits per heavy atom. The van der Waals surface area contributed by atoms with Crippen LogP contribution in [0, 0.1) is 11.8 Å². The van der Waals surface area contributed by atoms with E-state index in [1.807, 2.05) is 24.4 Å². The van der Waals surface area contributed by atoms with Crippen molar-refractivity contribution in [1.29, 1.82) is 0 Å². The molecule has 3 fully saturated rings. The summed E-state index contributed by atoms with van der Waals surface area (Å²) in [5.41, 5.74) is 0. The fourth-order valence-corrected chi connectivity index (χ4v) is 4.31. The third-order valence-electron chi connectivity index (χ3n) is 5.52. The van der Waals surface area contributed by atoms with Crippen molar-refractivity contribution >= 4 is 5.82 Å². The van der Waals surface area contributed by atoms with Gasteiger partial charge in [0.25, 0.3) is 0 Å². The normalized spacial score (nSPS) is 33.4. The van der Waals surface area contributed by atoms with Crippen molar-refractivity contribution in [3.05, 3.63) is 24.4 Å². The van der Waals surface area contributed by atoms with Crippen LogP contribution in [0.15, 0.2) is 24.4 Å². The molecule has 4 nitrogen and oxygen atoms in total. The van der Waals surface area contributed by atoms with E-state index in [0.29, 0.717) is 17.9 Å². The number of rotatable bonds is 4. The van der Waals surface area contributed by atoms with E-state index in [4.69, 9.17) is 4.74 Å². The van der Waals surface area contributed by atoms with Gasteiger partial charge < -0.3 is 10.1 Å². The Balaban J connectivity index is 1.33. The van der Waals surface area contributed by atoms with E-state index in [0.717, 1.165) is 31.6 Å². The van der Waals surface area contributed by atoms with Gasteiger partial charge in [0, 0.05) is 43.7 Å². The first kappa shape index (κ1) is 13.5. The number of aromatic nitrogens is 1. The monoisotopic (exact) mass is 287 g/mol. The quantitative estimate of drug-likeness (QED) is 0.922. The van der Waals surface area contributed by atoms with Crippen molar-refractivity contribution in [3.63, 3.8) is 0 Å². The summed E-state index contributed by atoms with van der Waals surface area (Å²) in [6.45, 7) is 4.30. The van der Waals surface area contributed by atoms with Crippen molar-refractivity contribution in [2.75, 3.05) is 31.6 Å². The van der Waals surface area contributed by atoms with Crippen LogP contribution in [0.2, 0.25) is 0 Å². The van der Waals surface area contributed by atoms with Crippen LogP contribution in [-0.2, 0) is 4.74 Å². The number of pyridine rings is 1. The molecular weight excluding hydrogens is 262 g/mol. The molecule has 1 N–H and O–H groups in total. The van der Waals surface area contributed by atoms with Crippen molar-refractivity contribution < 1.29 is 4.74 Å². The van der Waals surface area contributed by atoms with E-state index in [9.17, 15) is 0 Å². The zero-order chi connectivity index (χ0) is 14.1. The van der Waals surface area contributed by atoms with Crippen LogP contribution >= 0.6 is 0 Å². The molecular formula is C17H25N3O. The van der Waals surface area contributed by atoms with Crippen LogP contribution in [0.5, 0.6) is 0 Å². The van der Waals surface area contributed by atoms with Gasteiger partial charge in [-0.3, -0.25) is 4.90 Å². The fourth-order valence-electron chi connectivity index (χ4n) is 4.31. The molecule has 3 atom stereocenters. The summed E-state index contributed by atoms with van der Waals surface area (Å²) in [7, 11) is 0. The Hall–Kier alpha value is -1.13. The Labute approximate surface area is 126 Å². The van der Waals surface area contributed by atoms with Gasteiger partial charge in [-0.2, -0.15) is 0 Å². The average molecular weight is 287 g/mol. The van der Waals surface area contributed by atoms with Crippen molar-refractivity contribution in [2.24, 2.45) is 11.8 Å². The smallest absolute Gasteiger partial charge is 0.125 e. The van der Waals surface area contributed by atoms with Crippen molar-refractivity contribution in [3.8, 4) is 0 Å². The van der Waals surface area contributed by atoms with Crippen molar-refractivity contribution in [1.82, 2.24) is 9.88 Å². The topological polar surface area (TPSA) is 37.4 Å². The Kier molecular flexibility index (Phi) is 3.82. The van der Waals surface area contributed by atoms with Gasteiger partial charge in [0.05, 0.1) is 12.7 Å². The van der Waals surface area contributed by atoms with Crippen LogP contribution in [0.3, 0.4) is 0 Å². The van der Waals surface area contributed by atoms with Gasteiger partial charge in [-0.1, -0.05) is 18.9 Å². The molecule has 2 aliphatic heterocycles. The first-order chi connectivity index (χ1) is 10.4. The minimum atomic E-state index is 0.473. The van der Waals surface area contributed by atoms with Crippen LogP contribution < -0.4 is 5.32 Å². The lowest BCUT2D eigenvalue weighted by molar-refractivity contribution is 0.0879. The highest BCUT2D eigenvalue weighted by molar-refractivity contribution is 5.33. The van der Waals surface area contributed by atoms with Crippen molar-refractivity contribution in [2.45, 2.75) is 37.8 Å². The Bertz CT molecular complexity index is 460. The lowest BCUT2D eigenvalue weighted by atomic mass is 9.93.